The van der Waals surface area contributed by atoms with Crippen molar-refractivity contribution in [2.45, 2.75) is 149 Å². The number of Topliss-reactive ketones (excluding diaryl/α,β-unsaturated/α-hetero) is 1. The summed E-state index contributed by atoms with van der Waals surface area (Å²) in [7, 11) is 2.88. The van der Waals surface area contributed by atoms with Crippen LogP contribution in [-0.4, -0.2) is 153 Å². The molecule has 5 heterocycles. The van der Waals surface area contributed by atoms with Crippen LogP contribution in [0.15, 0.2) is 58.3 Å². The van der Waals surface area contributed by atoms with Gasteiger partial charge < -0.3 is 69.7 Å². The van der Waals surface area contributed by atoms with E-state index in [0.717, 1.165) is 25.3 Å². The lowest BCUT2D eigenvalue weighted by molar-refractivity contribution is -0.160. The number of aromatic carboxylic acids is 1. The second-order valence-corrected chi connectivity index (χ2v) is 24.5. The number of aliphatic hydroxyl groups excluding tert-OH is 2. The summed E-state index contributed by atoms with van der Waals surface area (Å²) in [5, 5.41) is 82.3. The number of hydrogen-bond donors (Lipinski definition) is 8. The molecule has 3 aromatic carbocycles. The van der Waals surface area contributed by atoms with Gasteiger partial charge in [0.2, 0.25) is 11.2 Å². The highest BCUT2D eigenvalue weighted by Crippen LogP contribution is 2.53. The highest BCUT2D eigenvalue weighted by atomic mass is 19.1. The summed E-state index contributed by atoms with van der Waals surface area (Å²) in [5.74, 6) is -7.81. The van der Waals surface area contributed by atoms with Gasteiger partial charge in [0.1, 0.15) is 28.9 Å². The van der Waals surface area contributed by atoms with Crippen LogP contribution in [0, 0.1) is 42.3 Å². The number of halogens is 1. The van der Waals surface area contributed by atoms with Crippen LogP contribution in [0.3, 0.4) is 0 Å². The third-order valence-corrected chi connectivity index (χ3v) is 18.7. The lowest BCUT2D eigenvalue weighted by Gasteiger charge is -2.38. The van der Waals surface area contributed by atoms with Gasteiger partial charge in [-0.25, -0.2) is 9.18 Å². The highest BCUT2D eigenvalue weighted by Gasteiger charge is 2.48. The minimum atomic E-state index is -1.62. The van der Waals surface area contributed by atoms with Crippen LogP contribution in [0.4, 0.5) is 15.8 Å². The summed E-state index contributed by atoms with van der Waals surface area (Å²) in [6, 6.07) is 1.15. The molecule has 464 valence electrons. The molecule has 3 fully saturated rings. The summed E-state index contributed by atoms with van der Waals surface area (Å²) in [6.07, 6.45) is 9.86. The summed E-state index contributed by atoms with van der Waals surface area (Å²) >= 11 is 0. The maximum absolute atomic E-state index is 16.2. The minimum Gasteiger partial charge on any atom is -0.507 e. The summed E-state index contributed by atoms with van der Waals surface area (Å²) in [6.45, 7) is 16.9. The molecule has 8 N–H and O–H groups in total. The van der Waals surface area contributed by atoms with Gasteiger partial charge in [-0.15, -0.1) is 0 Å². The molecule has 2 saturated heterocycles. The van der Waals surface area contributed by atoms with Crippen molar-refractivity contribution in [2.24, 2.45) is 34.7 Å². The number of aromatic hydroxyl groups is 3. The Bertz CT molecular complexity index is 3530. The number of carboxylic acid groups (broad SMARTS) is 1. The van der Waals surface area contributed by atoms with Gasteiger partial charge in [-0.05, 0) is 89.0 Å². The number of ether oxygens (including phenoxy) is 4. The maximum Gasteiger partial charge on any atom is 0.341 e. The van der Waals surface area contributed by atoms with Gasteiger partial charge in [0.25, 0.3) is 5.91 Å². The average molecular weight is 1190 g/mol. The number of anilines is 2. The zero-order valence-corrected chi connectivity index (χ0v) is 50.6. The molecule has 11 atom stereocenters. The van der Waals surface area contributed by atoms with E-state index in [2.05, 4.69) is 17.6 Å². The molecule has 86 heavy (non-hydrogen) atoms. The third-order valence-electron chi connectivity index (χ3n) is 18.7. The third kappa shape index (κ3) is 11.9. The number of phenols is 3. The number of esters is 1. The quantitative estimate of drug-likeness (QED) is 0.0308. The first kappa shape index (κ1) is 63.0. The topological polar surface area (TPSA) is 291 Å². The van der Waals surface area contributed by atoms with E-state index in [9.17, 15) is 54.6 Å². The summed E-state index contributed by atoms with van der Waals surface area (Å²) in [4.78, 5) is 68.8. The van der Waals surface area contributed by atoms with Gasteiger partial charge >= 0.3 is 11.9 Å². The predicted molar refractivity (Wildman–Crippen MR) is 322 cm³/mol. The van der Waals surface area contributed by atoms with Gasteiger partial charge in [-0.1, -0.05) is 45.9 Å². The molecule has 22 heteroatoms. The summed E-state index contributed by atoms with van der Waals surface area (Å²) in [5.41, 5.74) is -1.90. The molecule has 4 aliphatic heterocycles. The molecular weight excluding hydrogens is 1110 g/mol. The first-order valence-corrected chi connectivity index (χ1v) is 29.6. The van der Waals surface area contributed by atoms with Crippen LogP contribution in [0.25, 0.3) is 21.7 Å². The Morgan fingerprint density at radius 1 is 0.930 bits per heavy atom. The smallest absolute Gasteiger partial charge is 0.341 e. The normalized spacial score (nSPS) is 27.5. The van der Waals surface area contributed by atoms with Crippen LogP contribution in [0.5, 0.6) is 23.0 Å². The number of aromatic nitrogens is 1. The van der Waals surface area contributed by atoms with E-state index in [1.807, 2.05) is 4.90 Å². The molecule has 1 aromatic heterocycles. The first-order valence-electron chi connectivity index (χ1n) is 29.6. The molecule has 2 unspecified atom stereocenters. The van der Waals surface area contributed by atoms with Crippen molar-refractivity contribution in [3.05, 3.63) is 92.3 Å². The lowest BCUT2D eigenvalue weighted by atomic mass is 9.78. The van der Waals surface area contributed by atoms with Crippen LogP contribution in [-0.2, 0) is 30.2 Å². The average Bonchev–Trinajstić information content (AvgIpc) is 1.44. The molecule has 1 amide bonds. The predicted octanol–water partition coefficient (Wildman–Crippen LogP) is 7.76. The fourth-order valence-corrected chi connectivity index (χ4v) is 13.2. The van der Waals surface area contributed by atoms with Crippen LogP contribution in [0.2, 0.25) is 0 Å². The zero-order valence-electron chi connectivity index (χ0n) is 50.6. The van der Waals surface area contributed by atoms with Crippen molar-refractivity contribution in [1.29, 1.82) is 0 Å². The molecule has 2 aliphatic carbocycles. The van der Waals surface area contributed by atoms with Crippen LogP contribution < -0.4 is 25.7 Å². The van der Waals surface area contributed by atoms with Gasteiger partial charge in [0, 0.05) is 111 Å². The number of hydrazone groups is 1. The molecule has 5 bridgehead atoms. The molecule has 21 nitrogen and oxygen atoms in total. The number of benzene rings is 3. The standard InChI is InChI=1S/C64H81FN6O15/c1-30-13-12-14-31(2)62(80)68-50-43(27-66-70-22-18-39(19-23-70)67-36(7)38-17-21-69(28-38)52-45(65)25-41-51(60(52)84-11)71(40-15-16-40)29-44(56(41)76)63(81)82)57(77)48-47-42(32(3)55(75)49(48)58(50)78)26-64(9,61(47)79)85-24-20-46(83-10)33(4)59(86-37(8)72)35(6)54(74)34(5)53(30)73/h12-14,20,24-25,27,29-30,33-36,38-40,46,53-54,59,67,73-75,77-78H,15-19,21-23,26,28H2,1-11H3,(H,68,80)(H,81,82)/t30-,33+,34+,35+,36?,38?,46-,53-,54+,59+,64-/m0/s1. The van der Waals surface area contributed by atoms with Crippen molar-refractivity contribution in [3.8, 4) is 23.0 Å². The number of nitrogens with zero attached hydrogens (tertiary/aromatic N) is 4. The molecule has 0 spiro atoms. The van der Waals surface area contributed by atoms with Crippen molar-refractivity contribution in [3.63, 3.8) is 0 Å². The number of fused-ring (bicyclic) bond motifs is 15. The number of nitrogens with one attached hydrogen (secondary N) is 2. The van der Waals surface area contributed by atoms with Gasteiger partial charge in [-0.2, -0.15) is 5.10 Å². The Kier molecular flexibility index (Phi) is 18.3. The van der Waals surface area contributed by atoms with Gasteiger partial charge in [0.05, 0.1) is 65.4 Å². The minimum absolute atomic E-state index is 0.00848. The van der Waals surface area contributed by atoms with E-state index >= 15 is 4.39 Å². The van der Waals surface area contributed by atoms with Crippen molar-refractivity contribution in [2.75, 3.05) is 50.6 Å². The van der Waals surface area contributed by atoms with Gasteiger partial charge in [-0.3, -0.25) is 24.2 Å². The Labute approximate surface area is 498 Å². The molecular formula is C64H81FN6O15. The zero-order chi connectivity index (χ0) is 62.5. The first-order chi connectivity index (χ1) is 40.7. The Balaban J connectivity index is 0.986. The number of piperidine rings is 1. The second-order valence-electron chi connectivity index (χ2n) is 24.5. The lowest BCUT2D eigenvalue weighted by Crippen LogP contribution is -2.46. The monoisotopic (exact) mass is 1190 g/mol. The Hall–Kier alpha value is -7.53. The Morgan fingerprint density at radius 2 is 1.63 bits per heavy atom. The number of hydrogen-bond acceptors (Lipinski definition) is 18. The maximum atomic E-state index is 16.2. The number of ketones is 1. The Morgan fingerprint density at radius 3 is 2.27 bits per heavy atom. The van der Waals surface area contributed by atoms with E-state index in [1.54, 1.807) is 69.3 Å². The van der Waals surface area contributed by atoms with E-state index in [-0.39, 0.29) is 86.0 Å². The largest absolute Gasteiger partial charge is 0.507 e. The number of pyridine rings is 1. The van der Waals surface area contributed by atoms with Crippen molar-refractivity contribution in [1.82, 2.24) is 14.9 Å². The van der Waals surface area contributed by atoms with E-state index in [0.29, 0.717) is 50.1 Å². The number of carbonyl (C=O) groups excluding carboxylic acids is 3. The number of aliphatic hydroxyl groups is 2. The second kappa shape index (κ2) is 25.1. The number of phenolic OH excluding ortho intramolecular Hbond substituents is 3. The van der Waals surface area contributed by atoms with Gasteiger partial charge in [0.15, 0.2) is 22.9 Å². The number of carboxylic acids is 1. The molecule has 0 radical (unpaired) electrons. The summed E-state index contributed by atoms with van der Waals surface area (Å²) < 4.78 is 41.8. The fraction of sp³-hybridized carbons (Fsp3) is 0.531. The van der Waals surface area contributed by atoms with E-state index in [4.69, 9.17) is 24.0 Å². The number of allylic oxidation sites excluding steroid dienone is 2. The highest BCUT2D eigenvalue weighted by molar-refractivity contribution is 6.23. The molecule has 10 rings (SSSR count). The number of methoxy groups -OCH3 is 2. The fourth-order valence-electron chi connectivity index (χ4n) is 13.2. The number of rotatable bonds is 11. The van der Waals surface area contributed by atoms with E-state index in [1.165, 1.54) is 52.8 Å². The van der Waals surface area contributed by atoms with Crippen LogP contribution in [0.1, 0.15) is 131 Å². The van der Waals surface area contributed by atoms with Crippen molar-refractivity contribution < 1.29 is 73.2 Å². The molecule has 4 aromatic rings. The molecule has 6 aliphatic rings. The number of carbonyl (C=O) groups is 4. The SMILES string of the molecule is COc1c(N2CCC(C(C)NC3CCN(N=Cc4c5c(O)c6c(O)c(C)c7c(c6c4O)C(=O)[C@](C)(C7)OC=C[C@H](OC)[C@@H](C)[C@@H](OC(C)=O)[C@H](C)[C@H](O)[C@H](C)[C@@H](O)[C@@H](C)C=CC=C(C)C(=O)N5)CC3)C2)c(F)cc2c(=O)c(C(=O)O)cn(C3CC3)c12. The molecule has 1 saturated carbocycles. The number of amides is 1. The van der Waals surface area contributed by atoms with E-state index < -0.39 is 111 Å². The van der Waals surface area contributed by atoms with Crippen LogP contribution >= 0.6 is 0 Å². The van der Waals surface area contributed by atoms with Crippen molar-refractivity contribution >= 4 is 62.9 Å².